The maximum atomic E-state index is 5.93. The number of morpholine rings is 2. The first-order chi connectivity index (χ1) is 12.8. The molecule has 7 nitrogen and oxygen atoms in total. The molecule has 0 radical (unpaired) electrons. The Balaban J connectivity index is 1.99. The molecule has 0 aromatic carbocycles. The minimum atomic E-state index is -2.03. The maximum Gasteiger partial charge on any atom is 0.196 e. The van der Waals surface area contributed by atoms with Gasteiger partial charge in [-0.25, -0.2) is 4.74 Å². The van der Waals surface area contributed by atoms with Gasteiger partial charge in [-0.05, 0) is 12.2 Å². The highest BCUT2D eigenvalue weighted by molar-refractivity contribution is 7.81. The molecule has 9 heteroatoms. The third kappa shape index (κ3) is 4.74. The lowest BCUT2D eigenvalue weighted by Crippen LogP contribution is -3.12. The number of nitrogens with zero attached hydrogens (tertiary/aromatic N) is 4. The van der Waals surface area contributed by atoms with Crippen LogP contribution in [0.4, 0.5) is 0 Å². The van der Waals surface area contributed by atoms with E-state index in [1.165, 1.54) is 0 Å². The zero-order chi connectivity index (χ0) is 19.5. The van der Waals surface area contributed by atoms with E-state index in [9.17, 15) is 0 Å². The van der Waals surface area contributed by atoms with Gasteiger partial charge in [0.2, 0.25) is 0 Å². The average molecular weight is 419 g/mol. The predicted molar refractivity (Wildman–Crippen MR) is 115 cm³/mol. The molecule has 3 heterocycles. The van der Waals surface area contributed by atoms with E-state index in [1.807, 2.05) is 0 Å². The Morgan fingerprint density at radius 1 is 0.889 bits per heavy atom. The monoisotopic (exact) mass is 418 g/mol. The molecule has 0 aromatic heterocycles. The normalized spacial score (nSPS) is 24.8. The predicted octanol–water partition coefficient (Wildman–Crippen LogP) is 0.596. The summed E-state index contributed by atoms with van der Waals surface area (Å²) in [5.74, 6) is 0. The molecule has 0 bridgehead atoms. The van der Waals surface area contributed by atoms with Crippen LogP contribution in [0.25, 0.3) is 0 Å². The largest absolute Gasteiger partial charge is 0.379 e. The van der Waals surface area contributed by atoms with E-state index in [0.717, 1.165) is 83.9 Å². The van der Waals surface area contributed by atoms with Crippen molar-refractivity contribution in [1.82, 2.24) is 14.2 Å². The van der Waals surface area contributed by atoms with Gasteiger partial charge < -0.3 is 19.3 Å². The lowest BCUT2D eigenvalue weighted by atomic mass is 10.3. The number of thiocarbonyl (C=S) groups is 1. The number of nitrogens with one attached hydrogen (secondary N) is 1. The van der Waals surface area contributed by atoms with Crippen LogP contribution in [0.3, 0.4) is 0 Å². The SMILES string of the molecule is C[NH+]1CCN(C(=S)N=P(N2CCOCC2)(N2CCOCC2)C(C)(C)C)CC1. The van der Waals surface area contributed by atoms with Crippen molar-refractivity contribution in [1.29, 1.82) is 0 Å². The van der Waals surface area contributed by atoms with Gasteiger partial charge in [0.05, 0.1) is 59.7 Å². The lowest BCUT2D eigenvalue weighted by molar-refractivity contribution is -0.883. The molecule has 0 spiro atoms. The van der Waals surface area contributed by atoms with Gasteiger partial charge in [-0.3, -0.25) is 9.34 Å². The highest BCUT2D eigenvalue weighted by Crippen LogP contribution is 2.66. The maximum absolute atomic E-state index is 5.93. The van der Waals surface area contributed by atoms with Crippen LogP contribution >= 0.6 is 19.6 Å². The number of piperazine rings is 1. The highest BCUT2D eigenvalue weighted by atomic mass is 32.1. The Morgan fingerprint density at radius 3 is 1.74 bits per heavy atom. The minimum absolute atomic E-state index is 0.0174. The molecule has 156 valence electrons. The van der Waals surface area contributed by atoms with Gasteiger partial charge in [0.15, 0.2) is 5.11 Å². The van der Waals surface area contributed by atoms with E-state index in [1.54, 1.807) is 4.90 Å². The molecule has 3 saturated heterocycles. The summed E-state index contributed by atoms with van der Waals surface area (Å²) in [5, 5.41) is 0.826. The lowest BCUT2D eigenvalue weighted by Gasteiger charge is -2.53. The van der Waals surface area contributed by atoms with Crippen LogP contribution in [0.15, 0.2) is 4.74 Å². The van der Waals surface area contributed by atoms with Crippen LogP contribution in [0.5, 0.6) is 0 Å². The molecule has 3 aliphatic rings. The molecule has 0 aliphatic carbocycles. The van der Waals surface area contributed by atoms with E-state index in [4.69, 9.17) is 26.4 Å². The fraction of sp³-hybridized carbons (Fsp3) is 0.944. The first kappa shape index (κ1) is 21.6. The first-order valence-electron chi connectivity index (χ1n) is 10.2. The van der Waals surface area contributed by atoms with Crippen molar-refractivity contribution >= 4 is 24.7 Å². The molecule has 0 atom stereocenters. The topological polar surface area (TPSA) is 45.0 Å². The van der Waals surface area contributed by atoms with Gasteiger partial charge in [0.1, 0.15) is 7.36 Å². The molecule has 3 fully saturated rings. The third-order valence-corrected chi connectivity index (χ3v) is 10.9. The molecule has 27 heavy (non-hydrogen) atoms. The Kier molecular flexibility index (Phi) is 7.34. The summed E-state index contributed by atoms with van der Waals surface area (Å²) >= 11 is 5.93. The molecular formula is C18H37N5O2PS+. The Bertz CT molecular complexity index is 541. The zero-order valence-corrected chi connectivity index (χ0v) is 19.2. The van der Waals surface area contributed by atoms with Crippen LogP contribution in [-0.4, -0.2) is 110 Å². The second-order valence-electron chi connectivity index (χ2n) is 8.70. The van der Waals surface area contributed by atoms with E-state index in [0.29, 0.717) is 0 Å². The molecule has 3 aliphatic heterocycles. The van der Waals surface area contributed by atoms with Crippen molar-refractivity contribution in [2.75, 3.05) is 85.8 Å². The molecule has 1 N–H and O–H groups in total. The summed E-state index contributed by atoms with van der Waals surface area (Å²) in [6.07, 6.45) is 0. The minimum Gasteiger partial charge on any atom is -0.379 e. The third-order valence-electron chi connectivity index (χ3n) is 5.78. The molecule has 0 amide bonds. The molecular weight excluding hydrogens is 381 g/mol. The van der Waals surface area contributed by atoms with Crippen molar-refractivity contribution in [2.24, 2.45) is 4.74 Å². The van der Waals surface area contributed by atoms with Crippen LogP contribution in [-0.2, 0) is 9.47 Å². The van der Waals surface area contributed by atoms with Crippen molar-refractivity contribution in [2.45, 2.75) is 25.9 Å². The highest BCUT2D eigenvalue weighted by Gasteiger charge is 2.46. The van der Waals surface area contributed by atoms with Crippen LogP contribution in [0, 0.1) is 0 Å². The van der Waals surface area contributed by atoms with E-state index in [2.05, 4.69) is 42.1 Å². The molecule has 3 rings (SSSR count). The van der Waals surface area contributed by atoms with Gasteiger partial charge >= 0.3 is 0 Å². The second-order valence-corrected chi connectivity index (χ2v) is 12.9. The molecule has 0 saturated carbocycles. The van der Waals surface area contributed by atoms with Crippen LogP contribution < -0.4 is 4.90 Å². The van der Waals surface area contributed by atoms with Gasteiger partial charge in [-0.2, -0.15) is 0 Å². The fourth-order valence-corrected chi connectivity index (χ4v) is 9.17. The number of rotatable bonds is 2. The summed E-state index contributed by atoms with van der Waals surface area (Å²) < 4.78 is 22.0. The van der Waals surface area contributed by atoms with Gasteiger partial charge in [0.25, 0.3) is 0 Å². The van der Waals surface area contributed by atoms with E-state index < -0.39 is 7.36 Å². The van der Waals surface area contributed by atoms with Crippen LogP contribution in [0.1, 0.15) is 20.8 Å². The number of hydrogen-bond donors (Lipinski definition) is 1. The number of ether oxygens (including phenoxy) is 2. The van der Waals surface area contributed by atoms with Crippen molar-refractivity contribution in [3.63, 3.8) is 0 Å². The summed E-state index contributed by atoms with van der Waals surface area (Å²) in [6.45, 7) is 18.1. The van der Waals surface area contributed by atoms with Crippen molar-refractivity contribution in [3.05, 3.63) is 0 Å². The van der Waals surface area contributed by atoms with Crippen molar-refractivity contribution in [3.8, 4) is 0 Å². The van der Waals surface area contributed by atoms with Crippen molar-refractivity contribution < 1.29 is 14.4 Å². The molecule has 0 aromatic rings. The summed E-state index contributed by atoms with van der Waals surface area (Å²) in [4.78, 5) is 3.90. The average Bonchev–Trinajstić information content (AvgIpc) is 2.67. The Morgan fingerprint density at radius 2 is 1.33 bits per heavy atom. The number of hydrogen-bond acceptors (Lipinski definition) is 3. The van der Waals surface area contributed by atoms with Gasteiger partial charge in [-0.15, -0.1) is 0 Å². The molecule has 0 unspecified atom stereocenters. The quantitative estimate of drug-likeness (QED) is 0.523. The van der Waals surface area contributed by atoms with E-state index >= 15 is 0 Å². The number of quaternary nitrogens is 1. The summed E-state index contributed by atoms with van der Waals surface area (Å²) in [7, 11) is 0.229. The summed E-state index contributed by atoms with van der Waals surface area (Å²) in [6, 6.07) is 0. The number of likely N-dealkylation sites (N-methyl/N-ethyl adjacent to an activating group) is 1. The second kappa shape index (κ2) is 9.16. The first-order valence-corrected chi connectivity index (χ1v) is 12.3. The zero-order valence-electron chi connectivity index (χ0n) is 17.4. The fourth-order valence-electron chi connectivity index (χ4n) is 4.23. The van der Waals surface area contributed by atoms with E-state index in [-0.39, 0.29) is 5.16 Å². The smallest absolute Gasteiger partial charge is 0.196 e. The van der Waals surface area contributed by atoms with Gasteiger partial charge in [-0.1, -0.05) is 20.8 Å². The Labute approximate surface area is 170 Å². The summed E-state index contributed by atoms with van der Waals surface area (Å²) in [5.41, 5.74) is 0. The standard InChI is InChI=1S/C18H36N5O2PS/c1-18(2,3)26(22-9-13-24-14-10-22,23-11-15-25-16-12-23)19-17(27)21-7-5-20(4)6-8-21/h5-16H2,1-4H3/p+1. The Hall–Kier alpha value is -0.0800. The van der Waals surface area contributed by atoms with Gasteiger partial charge in [0, 0.05) is 31.3 Å². The van der Waals surface area contributed by atoms with Crippen LogP contribution in [0.2, 0.25) is 0 Å².